The number of aliphatic carboxylic acids is 1. The van der Waals surface area contributed by atoms with Crippen molar-refractivity contribution in [1.29, 1.82) is 0 Å². The maximum atomic E-state index is 10.7. The molecule has 0 fully saturated rings. The van der Waals surface area contributed by atoms with Gasteiger partial charge in [-0.15, -0.1) is 0 Å². The summed E-state index contributed by atoms with van der Waals surface area (Å²) in [7, 11) is 0. The van der Waals surface area contributed by atoms with Gasteiger partial charge in [0.1, 0.15) is 18.3 Å². The van der Waals surface area contributed by atoms with Gasteiger partial charge in [-0.25, -0.2) is 9.97 Å². The normalized spacial score (nSPS) is 11.9. The molecule has 1 atom stereocenters. The fraction of sp³-hybridized carbons (Fsp3) is 0.300. The van der Waals surface area contributed by atoms with Gasteiger partial charge in [-0.1, -0.05) is 16.8 Å². The number of carboxylic acid groups (broad SMARTS) is 1. The zero-order chi connectivity index (χ0) is 23.7. The van der Waals surface area contributed by atoms with Crippen molar-refractivity contribution < 1.29 is 33.9 Å². The van der Waals surface area contributed by atoms with Gasteiger partial charge in [-0.2, -0.15) is 0 Å². The summed E-state index contributed by atoms with van der Waals surface area (Å²) < 4.78 is 11.1. The van der Waals surface area contributed by atoms with E-state index >= 15 is 0 Å². The fourth-order valence-electron chi connectivity index (χ4n) is 2.35. The summed E-state index contributed by atoms with van der Waals surface area (Å²) in [5, 5.41) is 21.9. The number of nitrogens with two attached hydrogens (primary N) is 1. The summed E-state index contributed by atoms with van der Waals surface area (Å²) in [4.78, 5) is 38.5. The van der Waals surface area contributed by atoms with E-state index in [-0.39, 0.29) is 25.4 Å². The van der Waals surface area contributed by atoms with Crippen molar-refractivity contribution in [3.63, 3.8) is 0 Å². The summed E-state index contributed by atoms with van der Waals surface area (Å²) in [5.41, 5.74) is 4.27. The molecular weight excluding hydrogens is 444 g/mol. The molecule has 1 unspecified atom stereocenters. The molecule has 12 heteroatoms. The molecule has 1 aromatic carbocycles. The standard InChI is InChI=1S/C16H14ClN3O4.C4H7NO3/c1-9(16-18-5-2-6-19-16)23-14-8-13-10(7-11(14)17)12(20-24-13)3-4-15(21)22;5-4(1-6,2-7)3-8/h2,5-9H,3-4H2,1H3,(H,21,22);1-2,8H,3,5H2. The van der Waals surface area contributed by atoms with Crippen molar-refractivity contribution in [2.45, 2.75) is 31.4 Å². The lowest BCUT2D eigenvalue weighted by molar-refractivity contribution is -0.137. The minimum absolute atomic E-state index is 0.0279. The van der Waals surface area contributed by atoms with E-state index in [1.807, 2.05) is 6.92 Å². The second kappa shape index (κ2) is 11.3. The van der Waals surface area contributed by atoms with Gasteiger partial charge in [0.15, 0.2) is 23.1 Å². The van der Waals surface area contributed by atoms with Crippen LogP contribution >= 0.6 is 11.6 Å². The lowest BCUT2D eigenvalue weighted by Crippen LogP contribution is -2.46. The topological polar surface area (TPSA) is 179 Å². The van der Waals surface area contributed by atoms with Crippen LogP contribution in [-0.2, 0) is 20.8 Å². The van der Waals surface area contributed by atoms with Crippen LogP contribution in [0.4, 0.5) is 0 Å². The number of halogens is 1. The lowest BCUT2D eigenvalue weighted by atomic mass is 10.1. The largest absolute Gasteiger partial charge is 0.481 e. The van der Waals surface area contributed by atoms with Crippen molar-refractivity contribution in [3.05, 3.63) is 47.1 Å². The molecule has 2 aromatic heterocycles. The monoisotopic (exact) mass is 464 g/mol. The van der Waals surface area contributed by atoms with Crippen molar-refractivity contribution in [2.75, 3.05) is 6.61 Å². The van der Waals surface area contributed by atoms with Crippen molar-refractivity contribution in [3.8, 4) is 5.75 Å². The molecule has 0 bridgehead atoms. The lowest BCUT2D eigenvalue weighted by Gasteiger charge is -2.14. The number of aliphatic hydroxyl groups excluding tert-OH is 1. The zero-order valence-corrected chi connectivity index (χ0v) is 17.7. The number of aromatic nitrogens is 3. The van der Waals surface area contributed by atoms with Gasteiger partial charge in [0.25, 0.3) is 0 Å². The molecule has 0 aliphatic heterocycles. The second-order valence-electron chi connectivity index (χ2n) is 6.68. The molecule has 2 heterocycles. The van der Waals surface area contributed by atoms with Crippen LogP contribution in [0.5, 0.6) is 5.75 Å². The van der Waals surface area contributed by atoms with Crippen LogP contribution < -0.4 is 10.5 Å². The third-order valence-electron chi connectivity index (χ3n) is 4.14. The molecule has 170 valence electrons. The second-order valence-corrected chi connectivity index (χ2v) is 7.08. The summed E-state index contributed by atoms with van der Waals surface area (Å²) in [6.07, 6.45) is 3.54. The van der Waals surface area contributed by atoms with Crippen LogP contribution in [0.25, 0.3) is 11.0 Å². The summed E-state index contributed by atoms with van der Waals surface area (Å²) in [5.74, 6) is 0.0623. The molecule has 11 nitrogen and oxygen atoms in total. The number of hydrogen-bond donors (Lipinski definition) is 3. The highest BCUT2D eigenvalue weighted by Crippen LogP contribution is 2.34. The van der Waals surface area contributed by atoms with Crippen LogP contribution in [0.2, 0.25) is 5.02 Å². The van der Waals surface area contributed by atoms with Gasteiger partial charge in [-0.3, -0.25) is 4.79 Å². The number of carbonyl (C=O) groups is 3. The molecule has 0 radical (unpaired) electrons. The first-order chi connectivity index (χ1) is 15.2. The Hall–Kier alpha value is -3.41. The highest BCUT2D eigenvalue weighted by Gasteiger charge is 2.21. The number of nitrogens with zero attached hydrogens (tertiary/aromatic N) is 3. The Labute approximate surface area is 187 Å². The summed E-state index contributed by atoms with van der Waals surface area (Å²) in [6.45, 7) is 1.18. The molecule has 32 heavy (non-hydrogen) atoms. The van der Waals surface area contributed by atoms with Gasteiger partial charge in [0.05, 0.1) is 23.7 Å². The number of carbonyl (C=O) groups excluding carboxylic acids is 2. The van der Waals surface area contributed by atoms with Crippen molar-refractivity contribution in [1.82, 2.24) is 15.1 Å². The Bertz CT molecular complexity index is 1070. The van der Waals surface area contributed by atoms with Gasteiger partial charge >= 0.3 is 5.97 Å². The van der Waals surface area contributed by atoms with E-state index < -0.39 is 24.2 Å². The highest BCUT2D eigenvalue weighted by molar-refractivity contribution is 6.32. The SMILES string of the molecule is CC(Oc1cc2onc(CCC(=O)O)c2cc1Cl)c1ncccn1.NC(C=O)(C=O)CO. The smallest absolute Gasteiger partial charge is 0.303 e. The number of benzene rings is 1. The molecular formula is C20H21ClN4O7. The maximum absolute atomic E-state index is 10.7. The minimum Gasteiger partial charge on any atom is -0.481 e. The van der Waals surface area contributed by atoms with Gasteiger partial charge < -0.3 is 34.8 Å². The first-order valence-corrected chi connectivity index (χ1v) is 9.66. The number of rotatable bonds is 9. The molecule has 3 rings (SSSR count). The fourth-order valence-corrected chi connectivity index (χ4v) is 2.56. The van der Waals surface area contributed by atoms with E-state index in [0.717, 1.165) is 0 Å². The molecule has 0 spiro atoms. The van der Waals surface area contributed by atoms with E-state index in [1.54, 1.807) is 30.6 Å². The number of ether oxygens (including phenoxy) is 1. The predicted molar refractivity (Wildman–Crippen MR) is 112 cm³/mol. The van der Waals surface area contributed by atoms with Crippen LogP contribution in [0, 0.1) is 0 Å². The van der Waals surface area contributed by atoms with Crippen LogP contribution in [0.15, 0.2) is 35.1 Å². The third kappa shape index (κ3) is 6.54. The Kier molecular flexibility index (Phi) is 8.76. The molecule has 0 saturated heterocycles. The quantitative estimate of drug-likeness (QED) is 0.308. The van der Waals surface area contributed by atoms with E-state index in [0.29, 0.717) is 33.3 Å². The van der Waals surface area contributed by atoms with E-state index in [2.05, 4.69) is 15.1 Å². The Morgan fingerprint density at radius 2 is 1.97 bits per heavy atom. The van der Waals surface area contributed by atoms with Crippen LogP contribution in [-0.4, -0.2) is 56.0 Å². The van der Waals surface area contributed by atoms with Crippen LogP contribution in [0.3, 0.4) is 0 Å². The summed E-state index contributed by atoms with van der Waals surface area (Å²) in [6, 6.07) is 5.02. The number of hydrogen-bond acceptors (Lipinski definition) is 10. The average molecular weight is 465 g/mol. The Balaban J connectivity index is 0.000000390. The molecule has 4 N–H and O–H groups in total. The van der Waals surface area contributed by atoms with E-state index in [9.17, 15) is 14.4 Å². The maximum Gasteiger partial charge on any atom is 0.303 e. The first kappa shape index (κ1) is 24.9. The molecule has 0 aliphatic carbocycles. The Morgan fingerprint density at radius 3 is 2.50 bits per heavy atom. The number of aldehydes is 2. The predicted octanol–water partition coefficient (Wildman–Crippen LogP) is 1.50. The number of carboxylic acids is 1. The highest BCUT2D eigenvalue weighted by atomic mass is 35.5. The zero-order valence-electron chi connectivity index (χ0n) is 17.0. The first-order valence-electron chi connectivity index (χ1n) is 9.28. The van der Waals surface area contributed by atoms with E-state index in [1.165, 1.54) is 0 Å². The van der Waals surface area contributed by atoms with Gasteiger partial charge in [0.2, 0.25) is 0 Å². The summed E-state index contributed by atoms with van der Waals surface area (Å²) >= 11 is 6.27. The van der Waals surface area contributed by atoms with Crippen LogP contribution in [0.1, 0.15) is 31.0 Å². The number of aryl methyl sites for hydroxylation is 1. The number of fused-ring (bicyclic) bond motifs is 1. The molecule has 0 aliphatic rings. The van der Waals surface area contributed by atoms with Gasteiger partial charge in [-0.05, 0) is 19.1 Å². The molecule has 3 aromatic rings. The van der Waals surface area contributed by atoms with Crippen molar-refractivity contribution >= 4 is 41.1 Å². The molecule has 0 saturated carbocycles. The van der Waals surface area contributed by atoms with E-state index in [4.69, 9.17) is 36.8 Å². The number of aliphatic hydroxyl groups is 1. The Morgan fingerprint density at radius 1 is 1.31 bits per heavy atom. The molecule has 0 amide bonds. The van der Waals surface area contributed by atoms with Gasteiger partial charge in [0, 0.05) is 30.3 Å². The average Bonchev–Trinajstić information content (AvgIpc) is 3.19. The third-order valence-corrected chi connectivity index (χ3v) is 4.44. The van der Waals surface area contributed by atoms with Crippen molar-refractivity contribution in [2.24, 2.45) is 5.73 Å². The minimum atomic E-state index is -1.68.